The number of carbonyl (C=O) groups excluding carboxylic acids is 2. The maximum absolute atomic E-state index is 11.5. The van der Waals surface area contributed by atoms with Crippen molar-refractivity contribution in [1.82, 2.24) is 15.2 Å². The summed E-state index contributed by atoms with van der Waals surface area (Å²) in [4.78, 5) is 27.6. The van der Waals surface area contributed by atoms with Gasteiger partial charge in [0.25, 0.3) is 11.7 Å². The molecule has 6 nitrogen and oxygen atoms in total. The van der Waals surface area contributed by atoms with Crippen molar-refractivity contribution < 1.29 is 9.59 Å². The molecule has 8 heteroatoms. The molecule has 19 heavy (non-hydrogen) atoms. The number of halogens is 1. The van der Waals surface area contributed by atoms with Gasteiger partial charge in [-0.25, -0.2) is 4.98 Å². The number of anilines is 1. The van der Waals surface area contributed by atoms with Gasteiger partial charge >= 0.3 is 0 Å². The number of aromatic amines is 1. The molecule has 0 atom stereocenters. The van der Waals surface area contributed by atoms with Crippen LogP contribution in [0, 0.1) is 6.92 Å². The number of ketones is 1. The van der Waals surface area contributed by atoms with Gasteiger partial charge in [0.1, 0.15) is 5.82 Å². The topological polar surface area (TPSA) is 87.7 Å². The molecule has 0 fully saturated rings. The van der Waals surface area contributed by atoms with Crippen molar-refractivity contribution in [1.29, 1.82) is 0 Å². The number of benzene rings is 1. The molecule has 1 aromatic carbocycles. The summed E-state index contributed by atoms with van der Waals surface area (Å²) in [5.41, 5.74) is 0.764. The Balaban J connectivity index is 1.98. The molecule has 0 spiro atoms. The average molecular weight is 295 g/mol. The minimum Gasteiger partial charge on any atom is -0.318 e. The van der Waals surface area contributed by atoms with Crippen LogP contribution in [0.2, 0.25) is 5.02 Å². The Morgan fingerprint density at radius 1 is 1.32 bits per heavy atom. The van der Waals surface area contributed by atoms with Crippen LogP contribution in [0.4, 0.5) is 5.69 Å². The molecular formula is C11H7ClN4O2S. The fourth-order valence-corrected chi connectivity index (χ4v) is 2.77. The summed E-state index contributed by atoms with van der Waals surface area (Å²) in [5, 5.41) is 10.1. The summed E-state index contributed by atoms with van der Waals surface area (Å²) < 4.78 is 0. The number of aromatic nitrogens is 3. The molecule has 1 amide bonds. The van der Waals surface area contributed by atoms with Crippen molar-refractivity contribution in [2.24, 2.45) is 0 Å². The van der Waals surface area contributed by atoms with Crippen LogP contribution in [-0.2, 0) is 4.79 Å². The number of hydrogen-bond donors (Lipinski definition) is 2. The van der Waals surface area contributed by atoms with Crippen LogP contribution in [0.15, 0.2) is 22.2 Å². The highest BCUT2D eigenvalue weighted by molar-refractivity contribution is 7.99. The molecule has 2 heterocycles. The Morgan fingerprint density at radius 2 is 2.11 bits per heavy atom. The molecule has 0 bridgehead atoms. The number of carbonyl (C=O) groups is 2. The number of nitrogens with one attached hydrogen (secondary N) is 2. The quantitative estimate of drug-likeness (QED) is 0.828. The summed E-state index contributed by atoms with van der Waals surface area (Å²) in [6.45, 7) is 1.79. The zero-order chi connectivity index (χ0) is 13.6. The minimum atomic E-state index is -0.637. The third kappa shape index (κ3) is 2.11. The minimum absolute atomic E-state index is 0.297. The van der Waals surface area contributed by atoms with E-state index in [9.17, 15) is 9.59 Å². The molecule has 0 saturated carbocycles. The first kappa shape index (κ1) is 12.2. The number of aryl methyl sites for hydroxylation is 1. The summed E-state index contributed by atoms with van der Waals surface area (Å²) >= 11 is 7.36. The Bertz CT molecular complexity index is 713. The second kappa shape index (κ2) is 4.36. The van der Waals surface area contributed by atoms with E-state index in [2.05, 4.69) is 20.5 Å². The summed E-state index contributed by atoms with van der Waals surface area (Å²) in [7, 11) is 0. The molecule has 1 aromatic heterocycles. The number of Topliss-reactive ketones (excluding diaryl/α,β-unsaturated/α-hetero) is 1. The van der Waals surface area contributed by atoms with E-state index < -0.39 is 11.7 Å². The van der Waals surface area contributed by atoms with Crippen molar-refractivity contribution in [3.05, 3.63) is 28.5 Å². The van der Waals surface area contributed by atoms with E-state index in [4.69, 9.17) is 11.6 Å². The second-order valence-electron chi connectivity index (χ2n) is 3.92. The molecule has 2 aromatic rings. The van der Waals surface area contributed by atoms with Gasteiger partial charge in [0.15, 0.2) is 0 Å². The fraction of sp³-hybridized carbons (Fsp3) is 0.0909. The predicted molar refractivity (Wildman–Crippen MR) is 69.7 cm³/mol. The maximum Gasteiger partial charge on any atom is 0.296 e. The van der Waals surface area contributed by atoms with Gasteiger partial charge in [-0.1, -0.05) is 11.6 Å². The monoisotopic (exact) mass is 294 g/mol. The zero-order valence-electron chi connectivity index (χ0n) is 9.65. The van der Waals surface area contributed by atoms with Crippen molar-refractivity contribution in [3.63, 3.8) is 0 Å². The highest BCUT2D eigenvalue weighted by Gasteiger charge is 2.29. The standard InChI is InChI=1S/C11H7ClN4O2S/c1-4-13-11(16-15-4)19-8-3-7-5(2-6(8)12)9(17)10(18)14-7/h2-3H,1H3,(H,13,15,16)(H,14,17,18). The van der Waals surface area contributed by atoms with E-state index in [1.807, 2.05) is 0 Å². The fourth-order valence-electron chi connectivity index (χ4n) is 1.69. The summed E-state index contributed by atoms with van der Waals surface area (Å²) in [6.07, 6.45) is 0. The molecule has 0 unspecified atom stereocenters. The van der Waals surface area contributed by atoms with Crippen LogP contribution in [0.1, 0.15) is 16.2 Å². The van der Waals surface area contributed by atoms with Crippen LogP contribution in [-0.4, -0.2) is 26.9 Å². The molecule has 3 rings (SSSR count). The third-order valence-corrected chi connectivity index (χ3v) is 3.90. The number of hydrogen-bond acceptors (Lipinski definition) is 5. The average Bonchev–Trinajstić information content (AvgIpc) is 2.87. The number of nitrogens with zero attached hydrogens (tertiary/aromatic N) is 2. The Kier molecular flexibility index (Phi) is 2.79. The van der Waals surface area contributed by atoms with Crippen LogP contribution in [0.3, 0.4) is 0 Å². The normalized spacial score (nSPS) is 13.6. The molecule has 0 saturated heterocycles. The molecule has 2 N–H and O–H groups in total. The van der Waals surface area contributed by atoms with Crippen molar-refractivity contribution in [2.75, 3.05) is 5.32 Å². The van der Waals surface area contributed by atoms with E-state index in [1.54, 1.807) is 13.0 Å². The number of H-pyrrole nitrogens is 1. The summed E-state index contributed by atoms with van der Waals surface area (Å²) in [5.74, 6) is -0.507. The molecular weight excluding hydrogens is 288 g/mol. The second-order valence-corrected chi connectivity index (χ2v) is 5.33. The highest BCUT2D eigenvalue weighted by Crippen LogP contribution is 2.37. The van der Waals surface area contributed by atoms with Crippen molar-refractivity contribution >= 4 is 40.7 Å². The van der Waals surface area contributed by atoms with Crippen LogP contribution in [0.5, 0.6) is 0 Å². The van der Waals surface area contributed by atoms with Gasteiger partial charge in [0, 0.05) is 4.90 Å². The van der Waals surface area contributed by atoms with E-state index in [1.165, 1.54) is 17.8 Å². The first-order valence-corrected chi connectivity index (χ1v) is 6.50. The van der Waals surface area contributed by atoms with Gasteiger partial charge in [-0.15, -0.1) is 5.10 Å². The van der Waals surface area contributed by atoms with E-state index in [0.717, 1.165) is 0 Å². The van der Waals surface area contributed by atoms with Crippen LogP contribution >= 0.6 is 23.4 Å². The number of fused-ring (bicyclic) bond motifs is 1. The van der Waals surface area contributed by atoms with Crippen LogP contribution in [0.25, 0.3) is 0 Å². The van der Waals surface area contributed by atoms with E-state index in [-0.39, 0.29) is 0 Å². The zero-order valence-corrected chi connectivity index (χ0v) is 11.2. The SMILES string of the molecule is Cc1nc(Sc2cc3c(cc2Cl)C(=O)C(=O)N3)n[nH]1. The largest absolute Gasteiger partial charge is 0.318 e. The van der Waals surface area contributed by atoms with E-state index in [0.29, 0.717) is 32.1 Å². The summed E-state index contributed by atoms with van der Waals surface area (Å²) in [6, 6.07) is 3.13. The lowest BCUT2D eigenvalue weighted by Crippen LogP contribution is -2.12. The molecule has 1 aliphatic heterocycles. The third-order valence-electron chi connectivity index (χ3n) is 2.55. The van der Waals surface area contributed by atoms with Crippen molar-refractivity contribution in [2.45, 2.75) is 17.0 Å². The molecule has 96 valence electrons. The first-order valence-electron chi connectivity index (χ1n) is 5.30. The lowest BCUT2D eigenvalue weighted by molar-refractivity contribution is -0.112. The number of amides is 1. The van der Waals surface area contributed by atoms with Gasteiger partial charge in [-0.3, -0.25) is 14.7 Å². The Hall–Kier alpha value is -1.86. The van der Waals surface area contributed by atoms with E-state index >= 15 is 0 Å². The maximum atomic E-state index is 11.5. The van der Waals surface area contributed by atoms with Crippen molar-refractivity contribution in [3.8, 4) is 0 Å². The first-order chi connectivity index (χ1) is 9.04. The lowest BCUT2D eigenvalue weighted by atomic mass is 10.1. The van der Waals surface area contributed by atoms with Gasteiger partial charge in [0.2, 0.25) is 5.16 Å². The van der Waals surface area contributed by atoms with Gasteiger partial charge in [-0.05, 0) is 30.8 Å². The smallest absolute Gasteiger partial charge is 0.296 e. The lowest BCUT2D eigenvalue weighted by Gasteiger charge is -2.04. The Labute approximate surface area is 116 Å². The molecule has 0 radical (unpaired) electrons. The highest BCUT2D eigenvalue weighted by atomic mass is 35.5. The van der Waals surface area contributed by atoms with Gasteiger partial charge in [-0.2, -0.15) is 0 Å². The molecule has 0 aliphatic carbocycles. The predicted octanol–water partition coefficient (Wildman–Crippen LogP) is 2.05. The van der Waals surface area contributed by atoms with Gasteiger partial charge in [0.05, 0.1) is 16.3 Å². The molecule has 1 aliphatic rings. The van der Waals surface area contributed by atoms with Gasteiger partial charge < -0.3 is 5.32 Å². The van der Waals surface area contributed by atoms with Crippen LogP contribution < -0.4 is 5.32 Å². The number of rotatable bonds is 2. The Morgan fingerprint density at radius 3 is 2.79 bits per heavy atom.